The smallest absolute Gasteiger partial charge is 0.295 e. The van der Waals surface area contributed by atoms with E-state index in [1.807, 2.05) is 25.9 Å². The highest BCUT2D eigenvalue weighted by Gasteiger charge is 2.47. The Labute approximate surface area is 182 Å². The molecule has 2 heterocycles. The summed E-state index contributed by atoms with van der Waals surface area (Å²) in [4.78, 5) is 29.4. The minimum atomic E-state index is -0.768. The minimum absolute atomic E-state index is 0.0387. The number of nitrogens with zero attached hydrogens (tertiary/aromatic N) is 2. The Morgan fingerprint density at radius 1 is 1.23 bits per heavy atom. The van der Waals surface area contributed by atoms with E-state index < -0.39 is 17.7 Å². The fraction of sp³-hybridized carbons (Fsp3) is 0.417. The number of hydrogen-bond donors (Lipinski definition) is 1. The molecule has 1 atom stereocenters. The Bertz CT molecular complexity index is 976. The Balaban J connectivity index is 2.03. The summed E-state index contributed by atoms with van der Waals surface area (Å²) < 4.78 is 11.4. The number of ketones is 1. The first-order valence-electron chi connectivity index (χ1n) is 10.6. The van der Waals surface area contributed by atoms with Gasteiger partial charge in [0.25, 0.3) is 11.7 Å². The SMILES string of the molecule is CCCOc1cccc(/C(O)=C2\C(=O)C(=O)N(CCCN(C)C)C2c2ccc(C)o2)c1. The summed E-state index contributed by atoms with van der Waals surface area (Å²) in [5, 5.41) is 11.1. The third-order valence-corrected chi connectivity index (χ3v) is 5.16. The number of likely N-dealkylation sites (tertiary alicyclic amines) is 1. The minimum Gasteiger partial charge on any atom is -0.507 e. The Morgan fingerprint density at radius 2 is 2.00 bits per heavy atom. The molecule has 0 saturated carbocycles. The molecule has 1 amide bonds. The van der Waals surface area contributed by atoms with Crippen LogP contribution in [0.5, 0.6) is 5.75 Å². The maximum absolute atomic E-state index is 13.0. The molecule has 1 saturated heterocycles. The van der Waals surface area contributed by atoms with Gasteiger partial charge in [0.2, 0.25) is 0 Å². The number of hydrogen-bond acceptors (Lipinski definition) is 6. The van der Waals surface area contributed by atoms with E-state index in [9.17, 15) is 14.7 Å². The Kier molecular flexibility index (Phi) is 7.17. The number of aliphatic hydroxyl groups excluding tert-OH is 1. The predicted molar refractivity (Wildman–Crippen MR) is 118 cm³/mol. The van der Waals surface area contributed by atoms with Gasteiger partial charge in [0.1, 0.15) is 29.1 Å². The van der Waals surface area contributed by atoms with Crippen LogP contribution >= 0.6 is 0 Å². The van der Waals surface area contributed by atoms with Crippen LogP contribution in [-0.2, 0) is 9.59 Å². The molecule has 1 aromatic heterocycles. The number of Topliss-reactive ketones (excluding diaryl/α,β-unsaturated/α-hetero) is 1. The fourth-order valence-electron chi connectivity index (χ4n) is 3.67. The molecule has 0 aliphatic carbocycles. The number of carbonyl (C=O) groups is 2. The van der Waals surface area contributed by atoms with Gasteiger partial charge >= 0.3 is 0 Å². The van der Waals surface area contributed by atoms with Gasteiger partial charge in [-0.3, -0.25) is 9.59 Å². The number of aliphatic hydroxyl groups is 1. The predicted octanol–water partition coefficient (Wildman–Crippen LogP) is 3.75. The monoisotopic (exact) mass is 426 g/mol. The zero-order valence-electron chi connectivity index (χ0n) is 18.6. The molecule has 1 unspecified atom stereocenters. The normalized spacial score (nSPS) is 18.2. The molecule has 1 N–H and O–H groups in total. The van der Waals surface area contributed by atoms with E-state index in [4.69, 9.17) is 9.15 Å². The van der Waals surface area contributed by atoms with Crippen molar-refractivity contribution >= 4 is 17.4 Å². The maximum atomic E-state index is 13.0. The lowest BCUT2D eigenvalue weighted by atomic mass is 9.99. The molecule has 166 valence electrons. The lowest BCUT2D eigenvalue weighted by Crippen LogP contribution is -2.32. The number of benzene rings is 1. The van der Waals surface area contributed by atoms with Crippen LogP contribution in [0.25, 0.3) is 5.76 Å². The van der Waals surface area contributed by atoms with Gasteiger partial charge < -0.3 is 24.1 Å². The summed E-state index contributed by atoms with van der Waals surface area (Å²) in [7, 11) is 3.91. The number of aryl methyl sites for hydroxylation is 1. The quantitative estimate of drug-likeness (QED) is 0.374. The molecule has 7 nitrogen and oxygen atoms in total. The molecule has 1 aliphatic rings. The van der Waals surface area contributed by atoms with E-state index in [0.29, 0.717) is 42.4 Å². The second kappa shape index (κ2) is 9.83. The van der Waals surface area contributed by atoms with Crippen molar-refractivity contribution in [3.63, 3.8) is 0 Å². The van der Waals surface area contributed by atoms with Crippen molar-refractivity contribution in [2.45, 2.75) is 32.7 Å². The molecule has 7 heteroatoms. The third kappa shape index (κ3) is 4.99. The van der Waals surface area contributed by atoms with Crippen molar-refractivity contribution in [3.05, 3.63) is 59.1 Å². The molecule has 0 bridgehead atoms. The van der Waals surface area contributed by atoms with Crippen LogP contribution in [0.4, 0.5) is 0 Å². The van der Waals surface area contributed by atoms with Crippen molar-refractivity contribution < 1.29 is 23.8 Å². The van der Waals surface area contributed by atoms with Gasteiger partial charge in [0.15, 0.2) is 0 Å². The Morgan fingerprint density at radius 3 is 2.65 bits per heavy atom. The maximum Gasteiger partial charge on any atom is 0.295 e. The highest BCUT2D eigenvalue weighted by atomic mass is 16.5. The highest BCUT2D eigenvalue weighted by Crippen LogP contribution is 2.40. The molecule has 31 heavy (non-hydrogen) atoms. The van der Waals surface area contributed by atoms with Crippen molar-refractivity contribution in [2.75, 3.05) is 33.8 Å². The fourth-order valence-corrected chi connectivity index (χ4v) is 3.67. The Hall–Kier alpha value is -3.06. The van der Waals surface area contributed by atoms with Gasteiger partial charge in [0, 0.05) is 12.1 Å². The molecule has 0 radical (unpaired) electrons. The van der Waals surface area contributed by atoms with Gasteiger partial charge in [-0.25, -0.2) is 0 Å². The topological polar surface area (TPSA) is 83.2 Å². The van der Waals surface area contributed by atoms with Crippen LogP contribution < -0.4 is 4.74 Å². The molecular formula is C24H30N2O5. The second-order valence-electron chi connectivity index (χ2n) is 7.97. The van der Waals surface area contributed by atoms with Crippen molar-refractivity contribution in [2.24, 2.45) is 0 Å². The van der Waals surface area contributed by atoms with Crippen LogP contribution in [0.15, 0.2) is 46.4 Å². The molecule has 0 spiro atoms. The lowest BCUT2D eigenvalue weighted by Gasteiger charge is -2.24. The van der Waals surface area contributed by atoms with Crippen LogP contribution in [0.3, 0.4) is 0 Å². The van der Waals surface area contributed by atoms with E-state index in [2.05, 4.69) is 0 Å². The van der Waals surface area contributed by atoms with E-state index in [0.717, 1.165) is 13.0 Å². The van der Waals surface area contributed by atoms with Crippen LogP contribution in [0.1, 0.15) is 42.9 Å². The molecule has 3 rings (SSSR count). The van der Waals surface area contributed by atoms with Crippen LogP contribution in [0.2, 0.25) is 0 Å². The van der Waals surface area contributed by atoms with Crippen LogP contribution in [-0.4, -0.2) is 60.4 Å². The third-order valence-electron chi connectivity index (χ3n) is 5.16. The average Bonchev–Trinajstić information content (AvgIpc) is 3.28. The van der Waals surface area contributed by atoms with E-state index in [1.54, 1.807) is 43.3 Å². The van der Waals surface area contributed by atoms with E-state index >= 15 is 0 Å². The van der Waals surface area contributed by atoms with Gasteiger partial charge in [-0.2, -0.15) is 0 Å². The number of furan rings is 1. The summed E-state index contributed by atoms with van der Waals surface area (Å²) >= 11 is 0. The largest absolute Gasteiger partial charge is 0.507 e. The number of ether oxygens (including phenoxy) is 1. The second-order valence-corrected chi connectivity index (χ2v) is 7.97. The number of rotatable bonds is 9. The zero-order valence-corrected chi connectivity index (χ0v) is 18.6. The first kappa shape index (κ1) is 22.6. The molecular weight excluding hydrogens is 396 g/mol. The van der Waals surface area contributed by atoms with Gasteiger partial charge in [-0.15, -0.1) is 0 Å². The standard InChI is InChI=1S/C24H30N2O5/c1-5-14-30-18-9-6-8-17(15-18)22(27)20-21(19-11-10-16(2)31-19)26(24(29)23(20)28)13-7-12-25(3)4/h6,8-11,15,21,27H,5,7,12-14H2,1-4H3/b22-20+. The molecule has 2 aromatic rings. The molecule has 1 fully saturated rings. The number of amides is 1. The summed E-state index contributed by atoms with van der Waals surface area (Å²) in [6.07, 6.45) is 1.54. The summed E-state index contributed by atoms with van der Waals surface area (Å²) in [5.74, 6) is 0.162. The first-order chi connectivity index (χ1) is 14.8. The molecule has 1 aliphatic heterocycles. The van der Waals surface area contributed by atoms with Gasteiger partial charge in [-0.05, 0) is 64.7 Å². The lowest BCUT2D eigenvalue weighted by molar-refractivity contribution is -0.140. The highest BCUT2D eigenvalue weighted by molar-refractivity contribution is 6.46. The van der Waals surface area contributed by atoms with Crippen molar-refractivity contribution in [1.82, 2.24) is 9.80 Å². The van der Waals surface area contributed by atoms with Crippen LogP contribution in [0, 0.1) is 6.92 Å². The van der Waals surface area contributed by atoms with Gasteiger partial charge in [-0.1, -0.05) is 19.1 Å². The summed E-state index contributed by atoms with van der Waals surface area (Å²) in [6.45, 7) is 5.50. The van der Waals surface area contributed by atoms with E-state index in [1.165, 1.54) is 4.90 Å². The summed E-state index contributed by atoms with van der Waals surface area (Å²) in [5.41, 5.74) is 0.463. The molecule has 1 aromatic carbocycles. The van der Waals surface area contributed by atoms with Crippen molar-refractivity contribution in [1.29, 1.82) is 0 Å². The van der Waals surface area contributed by atoms with Gasteiger partial charge in [0.05, 0.1) is 12.2 Å². The van der Waals surface area contributed by atoms with Crippen molar-refractivity contribution in [3.8, 4) is 5.75 Å². The van der Waals surface area contributed by atoms with E-state index in [-0.39, 0.29) is 11.3 Å². The first-order valence-corrected chi connectivity index (χ1v) is 10.6. The average molecular weight is 427 g/mol. The number of carbonyl (C=O) groups excluding carboxylic acids is 2. The zero-order chi connectivity index (χ0) is 22.5. The summed E-state index contributed by atoms with van der Waals surface area (Å²) in [6, 6.07) is 9.68.